The van der Waals surface area contributed by atoms with Gasteiger partial charge in [0.25, 0.3) is 0 Å². The number of ether oxygens (including phenoxy) is 9. The Hall–Kier alpha value is -0.940. The molecular formula is C24H38O25S2. The molecule has 6 aliphatic rings. The largest absolute Gasteiger partial charge is 0.397 e. The van der Waals surface area contributed by atoms with Gasteiger partial charge in [-0.2, -0.15) is 16.8 Å². The van der Waals surface area contributed by atoms with Gasteiger partial charge in [-0.15, -0.1) is 0 Å². The third kappa shape index (κ3) is 8.21. The molecule has 6 saturated heterocycles. The van der Waals surface area contributed by atoms with Crippen molar-refractivity contribution in [2.24, 2.45) is 0 Å². The molecule has 6 fully saturated rings. The molecule has 4 bridgehead atoms. The molecule has 0 spiro atoms. The van der Waals surface area contributed by atoms with Crippen molar-refractivity contribution < 1.29 is 118 Å². The zero-order chi connectivity index (χ0) is 37.2. The van der Waals surface area contributed by atoms with Crippen LogP contribution in [0.25, 0.3) is 0 Å². The van der Waals surface area contributed by atoms with Gasteiger partial charge in [-0.3, -0.25) is 9.11 Å². The zero-order valence-corrected chi connectivity index (χ0v) is 27.4. The highest BCUT2D eigenvalue weighted by molar-refractivity contribution is 7.81. The summed E-state index contributed by atoms with van der Waals surface area (Å²) < 4.78 is 124. The van der Waals surface area contributed by atoms with Gasteiger partial charge in [-0.1, -0.05) is 0 Å². The van der Waals surface area contributed by atoms with Crippen molar-refractivity contribution in [3.05, 3.63) is 0 Å². The van der Waals surface area contributed by atoms with E-state index < -0.39 is 157 Å². The van der Waals surface area contributed by atoms with E-state index in [2.05, 4.69) is 8.37 Å². The lowest BCUT2D eigenvalue weighted by Crippen LogP contribution is -2.66. The van der Waals surface area contributed by atoms with Gasteiger partial charge in [-0.25, -0.2) is 8.37 Å². The molecule has 51 heavy (non-hydrogen) atoms. The second-order valence-electron chi connectivity index (χ2n) is 12.4. The Morgan fingerprint density at radius 3 is 1.53 bits per heavy atom. The van der Waals surface area contributed by atoms with E-state index in [9.17, 15) is 66.8 Å². The van der Waals surface area contributed by atoms with Crippen LogP contribution in [0.4, 0.5) is 0 Å². The first-order valence-electron chi connectivity index (χ1n) is 15.3. The molecule has 20 atom stereocenters. The Morgan fingerprint density at radius 2 is 0.961 bits per heavy atom. The fraction of sp³-hybridized carbons (Fsp3) is 1.00. The van der Waals surface area contributed by atoms with Crippen molar-refractivity contribution in [2.75, 3.05) is 26.4 Å². The van der Waals surface area contributed by atoms with Crippen molar-refractivity contribution in [1.29, 1.82) is 0 Å². The predicted octanol–water partition coefficient (Wildman–Crippen LogP) is -8.00. The van der Waals surface area contributed by atoms with Gasteiger partial charge < -0.3 is 83.5 Å². The lowest BCUT2D eigenvalue weighted by atomic mass is 9.96. The van der Waals surface area contributed by atoms with Crippen molar-refractivity contribution in [2.45, 2.75) is 123 Å². The van der Waals surface area contributed by atoms with Crippen molar-refractivity contribution in [1.82, 2.24) is 0 Å². The van der Waals surface area contributed by atoms with Gasteiger partial charge in [0.15, 0.2) is 25.2 Å². The summed E-state index contributed by atoms with van der Waals surface area (Å²) in [5.41, 5.74) is 0. The molecule has 10 N–H and O–H groups in total. The minimum atomic E-state index is -5.29. The molecule has 0 aromatic carbocycles. The monoisotopic (exact) mass is 790 g/mol. The topological polar surface area (TPSA) is 372 Å². The highest BCUT2D eigenvalue weighted by Gasteiger charge is 2.59. The quantitative estimate of drug-likeness (QED) is 0.0821. The zero-order valence-electron chi connectivity index (χ0n) is 25.8. The first-order chi connectivity index (χ1) is 23.9. The first-order valence-corrected chi connectivity index (χ1v) is 18.1. The molecule has 6 rings (SSSR count). The third-order valence-electron chi connectivity index (χ3n) is 9.11. The summed E-state index contributed by atoms with van der Waals surface area (Å²) in [6.45, 7) is -2.46. The smallest absolute Gasteiger partial charge is 0.394 e. The molecule has 0 aromatic heterocycles. The lowest BCUT2D eigenvalue weighted by molar-refractivity contribution is -0.370. The van der Waals surface area contributed by atoms with Crippen LogP contribution in [0.15, 0.2) is 0 Å². The SMILES string of the molecule is O=S(=O)(O)O[C@@H]1[C@H](O[C@H]2O[C@@H]3CO[C@H]([C@H]2O)[C@H]3O[C@@H]2O[C@H](CO)[C@H](OS(=O)(=O)O)[C@H](O[C@H]3O[C@@H]4CO[C@H]([C@H]3O)[C@@H]4O)[C@H]2O)[C@@H](O)[C@H](O)O[C@@H]1CO. The molecule has 0 aromatic rings. The van der Waals surface area contributed by atoms with Gasteiger partial charge in [0.2, 0.25) is 0 Å². The van der Waals surface area contributed by atoms with E-state index in [4.69, 9.17) is 42.6 Å². The first kappa shape index (κ1) is 39.7. The highest BCUT2D eigenvalue weighted by Crippen LogP contribution is 2.39. The minimum Gasteiger partial charge on any atom is -0.394 e. The fourth-order valence-corrected chi connectivity index (χ4v) is 7.78. The number of aliphatic hydroxyl groups is 8. The molecule has 6 aliphatic heterocycles. The number of aliphatic hydroxyl groups excluding tert-OH is 8. The number of hydrogen-bond donors (Lipinski definition) is 10. The number of rotatable bonds is 12. The van der Waals surface area contributed by atoms with Crippen LogP contribution >= 0.6 is 0 Å². The molecular weight excluding hydrogens is 752 g/mol. The van der Waals surface area contributed by atoms with Gasteiger partial charge in [0, 0.05) is 0 Å². The van der Waals surface area contributed by atoms with Crippen LogP contribution in [0, 0.1) is 0 Å². The Kier molecular flexibility index (Phi) is 11.9. The molecule has 0 amide bonds. The average molecular weight is 791 g/mol. The Morgan fingerprint density at radius 1 is 0.510 bits per heavy atom. The maximum absolute atomic E-state index is 11.7. The lowest BCUT2D eigenvalue weighted by Gasteiger charge is -2.47. The van der Waals surface area contributed by atoms with Crippen molar-refractivity contribution in [3.8, 4) is 0 Å². The van der Waals surface area contributed by atoms with Crippen LogP contribution in [-0.4, -0.2) is 216 Å². The Bertz CT molecular complexity index is 1420. The standard InChI is InChI=1S/C24H38O25S2/c25-1-5-15(48-50(33,34)35)19(10(28)21(32)41-5)46-23-12(30)18-14(8(44-23)4-40-18)45-24-13(31)20(16(6(2-26)42-24)49-51(36,37)38)47-22-11(29)17-9(27)7(43-22)3-39-17/h5-32H,1-4H2,(H,33,34,35)(H,36,37,38)/t5-,6-,7-,8-,9-,10-,11-,12-,13-,14+,15+,16+,17+,18-,19-,20-,21-,22-,23-,24+/m1/s1. The minimum absolute atomic E-state index is 0.142. The average Bonchev–Trinajstić information content (AvgIpc) is 3.50. The van der Waals surface area contributed by atoms with E-state index in [0.29, 0.717) is 0 Å². The van der Waals surface area contributed by atoms with E-state index in [-0.39, 0.29) is 13.2 Å². The predicted molar refractivity (Wildman–Crippen MR) is 148 cm³/mol. The molecule has 0 unspecified atom stereocenters. The van der Waals surface area contributed by atoms with Crippen LogP contribution in [0.3, 0.4) is 0 Å². The van der Waals surface area contributed by atoms with E-state index in [0.717, 1.165) is 0 Å². The molecule has 25 nitrogen and oxygen atoms in total. The van der Waals surface area contributed by atoms with E-state index >= 15 is 0 Å². The second-order valence-corrected chi connectivity index (χ2v) is 14.5. The normalized spacial score (nSPS) is 50.4. The summed E-state index contributed by atoms with van der Waals surface area (Å²) in [4.78, 5) is 0. The molecule has 6 heterocycles. The number of hydrogen-bond acceptors (Lipinski definition) is 23. The van der Waals surface area contributed by atoms with E-state index in [1.807, 2.05) is 0 Å². The Balaban J connectivity index is 1.19. The maximum Gasteiger partial charge on any atom is 0.397 e. The highest BCUT2D eigenvalue weighted by atomic mass is 32.3. The van der Waals surface area contributed by atoms with Gasteiger partial charge in [-0.05, 0) is 0 Å². The number of fused-ring (bicyclic) bond motifs is 4. The molecule has 296 valence electrons. The summed E-state index contributed by atoms with van der Waals surface area (Å²) in [6.07, 6.45) is -33.6. The summed E-state index contributed by atoms with van der Waals surface area (Å²) in [6, 6.07) is 0. The molecule has 27 heteroatoms. The molecule has 0 radical (unpaired) electrons. The summed E-state index contributed by atoms with van der Waals surface area (Å²) in [5.74, 6) is 0. The third-order valence-corrected chi connectivity index (χ3v) is 10.0. The summed E-state index contributed by atoms with van der Waals surface area (Å²) in [7, 11) is -10.5. The van der Waals surface area contributed by atoms with Crippen LogP contribution in [0.2, 0.25) is 0 Å². The second kappa shape index (κ2) is 15.3. The van der Waals surface area contributed by atoms with Gasteiger partial charge in [0.1, 0.15) is 97.7 Å². The van der Waals surface area contributed by atoms with Crippen molar-refractivity contribution >= 4 is 20.8 Å². The van der Waals surface area contributed by atoms with Crippen LogP contribution in [-0.2, 0) is 71.8 Å². The van der Waals surface area contributed by atoms with Crippen LogP contribution in [0.1, 0.15) is 0 Å². The molecule has 0 saturated carbocycles. The van der Waals surface area contributed by atoms with Crippen LogP contribution in [0.5, 0.6) is 0 Å². The van der Waals surface area contributed by atoms with Crippen molar-refractivity contribution in [3.63, 3.8) is 0 Å². The van der Waals surface area contributed by atoms with Gasteiger partial charge in [0.05, 0.1) is 26.4 Å². The maximum atomic E-state index is 11.7. The fourth-order valence-electron chi connectivity index (χ4n) is 6.75. The van der Waals surface area contributed by atoms with E-state index in [1.165, 1.54) is 0 Å². The Labute approximate surface area is 287 Å². The summed E-state index contributed by atoms with van der Waals surface area (Å²) >= 11 is 0. The van der Waals surface area contributed by atoms with E-state index in [1.54, 1.807) is 0 Å². The summed E-state index contributed by atoms with van der Waals surface area (Å²) in [5, 5.41) is 83.6. The van der Waals surface area contributed by atoms with Crippen LogP contribution < -0.4 is 0 Å². The van der Waals surface area contributed by atoms with Gasteiger partial charge >= 0.3 is 20.8 Å². The molecule has 0 aliphatic carbocycles.